The van der Waals surface area contributed by atoms with Gasteiger partial charge in [-0.3, -0.25) is 0 Å². The van der Waals surface area contributed by atoms with Crippen LogP contribution in [0.1, 0.15) is 39.0 Å². The summed E-state index contributed by atoms with van der Waals surface area (Å²) in [6, 6.07) is 0.462. The second kappa shape index (κ2) is 8.47. The molecule has 5 nitrogen and oxygen atoms in total. The number of hydrogen-bond acceptors (Lipinski definition) is 3. The van der Waals surface area contributed by atoms with Crippen LogP contribution in [0.2, 0.25) is 0 Å². The number of hydrogen-bond donors (Lipinski definition) is 1. The Bertz CT molecular complexity index is 293. The zero-order valence-corrected chi connectivity index (χ0v) is 12.6. The van der Waals surface area contributed by atoms with Crippen molar-refractivity contribution in [2.75, 3.05) is 39.5 Å². The number of rotatable bonds is 6. The normalized spacial score (nSPS) is 26.8. The number of carbonyl (C=O) groups is 1. The van der Waals surface area contributed by atoms with Gasteiger partial charge < -0.3 is 19.7 Å². The fraction of sp³-hybridized carbons (Fsp3) is 0.933. The first-order chi connectivity index (χ1) is 9.77. The summed E-state index contributed by atoms with van der Waals surface area (Å²) in [5.41, 5.74) is 0. The molecule has 0 aromatic rings. The van der Waals surface area contributed by atoms with E-state index in [1.165, 1.54) is 6.42 Å². The summed E-state index contributed by atoms with van der Waals surface area (Å²) in [4.78, 5) is 14.0. The molecule has 0 aromatic heterocycles. The molecule has 0 radical (unpaired) electrons. The van der Waals surface area contributed by atoms with E-state index in [-0.39, 0.29) is 6.03 Å². The molecule has 2 amide bonds. The van der Waals surface area contributed by atoms with Crippen LogP contribution in [0.3, 0.4) is 0 Å². The second-order valence-electron chi connectivity index (χ2n) is 5.93. The summed E-state index contributed by atoms with van der Waals surface area (Å²) >= 11 is 0. The Morgan fingerprint density at radius 3 is 3.05 bits per heavy atom. The molecular formula is C15H28N2O3. The smallest absolute Gasteiger partial charge is 0.317 e. The average Bonchev–Trinajstić information content (AvgIpc) is 2.96. The van der Waals surface area contributed by atoms with Gasteiger partial charge in [-0.25, -0.2) is 4.79 Å². The van der Waals surface area contributed by atoms with Crippen molar-refractivity contribution in [2.24, 2.45) is 5.92 Å². The lowest BCUT2D eigenvalue weighted by atomic mass is 10.0. The number of urea groups is 1. The van der Waals surface area contributed by atoms with Crippen molar-refractivity contribution in [1.82, 2.24) is 10.2 Å². The number of amides is 2. The van der Waals surface area contributed by atoms with Gasteiger partial charge in [-0.1, -0.05) is 0 Å². The van der Waals surface area contributed by atoms with Crippen molar-refractivity contribution in [1.29, 1.82) is 0 Å². The van der Waals surface area contributed by atoms with E-state index in [0.29, 0.717) is 25.1 Å². The predicted octanol–water partition coefficient (Wildman–Crippen LogP) is 2.01. The first-order valence-corrected chi connectivity index (χ1v) is 7.97. The molecule has 0 aromatic carbocycles. The maximum absolute atomic E-state index is 12.0. The molecule has 2 fully saturated rings. The van der Waals surface area contributed by atoms with Crippen molar-refractivity contribution in [3.05, 3.63) is 0 Å². The van der Waals surface area contributed by atoms with E-state index in [4.69, 9.17) is 9.47 Å². The van der Waals surface area contributed by atoms with E-state index in [1.807, 2.05) is 4.90 Å². The molecule has 2 aliphatic heterocycles. The molecule has 0 bridgehead atoms. The second-order valence-corrected chi connectivity index (χ2v) is 5.93. The molecule has 0 saturated carbocycles. The molecule has 2 unspecified atom stereocenters. The number of piperidine rings is 1. The SMILES string of the molecule is CC1CCCCN1C(=O)NCCCOCC1CCOC1. The Morgan fingerprint density at radius 2 is 2.30 bits per heavy atom. The van der Waals surface area contributed by atoms with Crippen molar-refractivity contribution in [3.8, 4) is 0 Å². The molecule has 20 heavy (non-hydrogen) atoms. The van der Waals surface area contributed by atoms with Crippen LogP contribution in [0.15, 0.2) is 0 Å². The van der Waals surface area contributed by atoms with E-state index >= 15 is 0 Å². The summed E-state index contributed by atoms with van der Waals surface area (Å²) in [6.07, 6.45) is 5.49. The minimum Gasteiger partial charge on any atom is -0.381 e. The zero-order chi connectivity index (χ0) is 14.2. The summed E-state index contributed by atoms with van der Waals surface area (Å²) in [5, 5.41) is 2.99. The number of ether oxygens (including phenoxy) is 2. The quantitative estimate of drug-likeness (QED) is 0.759. The molecule has 1 N–H and O–H groups in total. The van der Waals surface area contributed by atoms with Crippen LogP contribution in [0.5, 0.6) is 0 Å². The fourth-order valence-electron chi connectivity index (χ4n) is 2.84. The van der Waals surface area contributed by atoms with Crippen LogP contribution < -0.4 is 5.32 Å². The van der Waals surface area contributed by atoms with Gasteiger partial charge >= 0.3 is 6.03 Å². The number of nitrogens with one attached hydrogen (secondary N) is 1. The van der Waals surface area contributed by atoms with Gasteiger partial charge in [0.05, 0.1) is 13.2 Å². The van der Waals surface area contributed by atoms with E-state index in [9.17, 15) is 4.79 Å². The largest absolute Gasteiger partial charge is 0.381 e. The minimum atomic E-state index is 0.0846. The average molecular weight is 284 g/mol. The van der Waals surface area contributed by atoms with Crippen molar-refractivity contribution < 1.29 is 14.3 Å². The predicted molar refractivity (Wildman–Crippen MR) is 77.8 cm³/mol. The van der Waals surface area contributed by atoms with Gasteiger partial charge in [0.25, 0.3) is 0 Å². The van der Waals surface area contributed by atoms with Gasteiger partial charge in [-0.2, -0.15) is 0 Å². The highest BCUT2D eigenvalue weighted by atomic mass is 16.5. The van der Waals surface area contributed by atoms with E-state index < -0.39 is 0 Å². The van der Waals surface area contributed by atoms with E-state index in [2.05, 4.69) is 12.2 Å². The highest BCUT2D eigenvalue weighted by Gasteiger charge is 2.22. The summed E-state index contributed by atoms with van der Waals surface area (Å²) in [7, 11) is 0. The lowest BCUT2D eigenvalue weighted by Gasteiger charge is -2.33. The van der Waals surface area contributed by atoms with Crippen LogP contribution >= 0.6 is 0 Å². The maximum atomic E-state index is 12.0. The first kappa shape index (κ1) is 15.6. The highest BCUT2D eigenvalue weighted by molar-refractivity contribution is 5.74. The molecule has 0 spiro atoms. The Balaban J connectivity index is 1.48. The monoisotopic (exact) mass is 284 g/mol. The van der Waals surface area contributed by atoms with Gasteiger partial charge in [0.1, 0.15) is 0 Å². The molecule has 2 rings (SSSR count). The van der Waals surface area contributed by atoms with Crippen LogP contribution in [-0.4, -0.2) is 56.5 Å². The van der Waals surface area contributed by atoms with Gasteiger partial charge in [0.2, 0.25) is 0 Å². The summed E-state index contributed by atoms with van der Waals surface area (Å²) in [6.45, 7) is 6.94. The first-order valence-electron chi connectivity index (χ1n) is 7.97. The van der Waals surface area contributed by atoms with Gasteiger partial charge in [0, 0.05) is 38.3 Å². The van der Waals surface area contributed by atoms with E-state index in [1.54, 1.807) is 0 Å². The van der Waals surface area contributed by atoms with Crippen molar-refractivity contribution in [2.45, 2.75) is 45.1 Å². The molecule has 2 aliphatic rings. The lowest BCUT2D eigenvalue weighted by Crippen LogP contribution is -2.47. The topological polar surface area (TPSA) is 50.8 Å². The Hall–Kier alpha value is -0.810. The van der Waals surface area contributed by atoms with Crippen LogP contribution in [0.4, 0.5) is 4.79 Å². The minimum absolute atomic E-state index is 0.0846. The fourth-order valence-corrected chi connectivity index (χ4v) is 2.84. The Kier molecular flexibility index (Phi) is 6.60. The zero-order valence-electron chi connectivity index (χ0n) is 12.6. The van der Waals surface area contributed by atoms with Crippen molar-refractivity contribution >= 4 is 6.03 Å². The molecule has 2 atom stereocenters. The molecule has 116 valence electrons. The van der Waals surface area contributed by atoms with Gasteiger partial charge in [-0.05, 0) is 39.0 Å². The molecule has 0 aliphatic carbocycles. The Morgan fingerprint density at radius 1 is 1.40 bits per heavy atom. The van der Waals surface area contributed by atoms with Crippen LogP contribution in [-0.2, 0) is 9.47 Å². The molecule has 5 heteroatoms. The van der Waals surface area contributed by atoms with Gasteiger partial charge in [-0.15, -0.1) is 0 Å². The van der Waals surface area contributed by atoms with Crippen LogP contribution in [0.25, 0.3) is 0 Å². The third kappa shape index (κ3) is 4.94. The number of carbonyl (C=O) groups excluding carboxylic acids is 1. The maximum Gasteiger partial charge on any atom is 0.317 e. The third-order valence-electron chi connectivity index (χ3n) is 4.18. The van der Waals surface area contributed by atoms with Crippen LogP contribution in [0, 0.1) is 5.92 Å². The standard InChI is InChI=1S/C15H28N2O3/c1-13-5-2-3-8-17(13)15(18)16-7-4-9-19-11-14-6-10-20-12-14/h13-14H,2-12H2,1H3,(H,16,18). The van der Waals surface area contributed by atoms with Gasteiger partial charge in [0.15, 0.2) is 0 Å². The summed E-state index contributed by atoms with van der Waals surface area (Å²) < 4.78 is 10.9. The lowest BCUT2D eigenvalue weighted by molar-refractivity contribution is 0.0880. The van der Waals surface area contributed by atoms with Crippen molar-refractivity contribution in [3.63, 3.8) is 0 Å². The highest BCUT2D eigenvalue weighted by Crippen LogP contribution is 2.16. The molecule has 2 saturated heterocycles. The number of likely N-dealkylation sites (tertiary alicyclic amines) is 1. The molecular weight excluding hydrogens is 256 g/mol. The Labute approximate surface area is 122 Å². The van der Waals surface area contributed by atoms with E-state index in [0.717, 1.165) is 52.0 Å². The number of nitrogens with zero attached hydrogens (tertiary/aromatic N) is 1. The summed E-state index contributed by atoms with van der Waals surface area (Å²) in [5.74, 6) is 0.568. The third-order valence-corrected chi connectivity index (χ3v) is 4.18. The molecule has 2 heterocycles.